The molecule has 12 heteroatoms. The smallest absolute Gasteiger partial charge is 0.346 e. The molecule has 0 spiro atoms. The molecule has 3 rings (SSSR count). The molecule has 0 aliphatic heterocycles. The summed E-state index contributed by atoms with van der Waals surface area (Å²) in [5.41, 5.74) is -2.60. The van der Waals surface area contributed by atoms with Gasteiger partial charge in [-0.05, 0) is 12.1 Å². The quantitative estimate of drug-likeness (QED) is 0.643. The van der Waals surface area contributed by atoms with Gasteiger partial charge in [0.15, 0.2) is 0 Å². The van der Waals surface area contributed by atoms with E-state index in [1.165, 1.54) is 0 Å². The van der Waals surface area contributed by atoms with Crippen molar-refractivity contribution in [3.63, 3.8) is 0 Å². The Morgan fingerprint density at radius 2 is 1.93 bits per heavy atom. The molecule has 0 saturated heterocycles. The lowest BCUT2D eigenvalue weighted by atomic mass is 10.1. The summed E-state index contributed by atoms with van der Waals surface area (Å²) in [6, 6.07) is 4.65. The highest BCUT2D eigenvalue weighted by Gasteiger charge is 2.38. The second-order valence-electron chi connectivity index (χ2n) is 5.77. The maximum atomic E-state index is 14.4. The van der Waals surface area contributed by atoms with E-state index in [4.69, 9.17) is 0 Å². The Labute approximate surface area is 158 Å². The summed E-state index contributed by atoms with van der Waals surface area (Å²) in [7, 11) is 0. The number of nitrogens with one attached hydrogen (secondary N) is 2. The van der Waals surface area contributed by atoms with Crippen molar-refractivity contribution in [1.29, 1.82) is 5.26 Å². The van der Waals surface area contributed by atoms with Crippen LogP contribution in [0, 0.1) is 23.0 Å². The number of carbonyl (C=O) groups is 1. The van der Waals surface area contributed by atoms with Gasteiger partial charge in [-0.25, -0.2) is 13.8 Å². The number of fused-ring (bicyclic) bond motifs is 1. The Hall–Kier alpha value is -3.75. The minimum Gasteiger partial charge on any atom is -0.346 e. The van der Waals surface area contributed by atoms with Crippen molar-refractivity contribution < 1.29 is 26.7 Å². The molecular weight excluding hydrogens is 401 g/mol. The van der Waals surface area contributed by atoms with Crippen LogP contribution in [-0.2, 0) is 11.3 Å². The summed E-state index contributed by atoms with van der Waals surface area (Å²) in [5, 5.41) is 11.1. The molecule has 0 bridgehead atoms. The molecule has 1 amide bonds. The van der Waals surface area contributed by atoms with Gasteiger partial charge in [-0.3, -0.25) is 9.59 Å². The third-order valence-corrected chi connectivity index (χ3v) is 4.03. The van der Waals surface area contributed by atoms with Crippen LogP contribution in [0.1, 0.15) is 5.56 Å². The van der Waals surface area contributed by atoms with Crippen molar-refractivity contribution >= 4 is 16.9 Å². The van der Waals surface area contributed by atoms with Crippen LogP contribution in [-0.4, -0.2) is 33.2 Å². The van der Waals surface area contributed by atoms with Crippen molar-refractivity contribution in [2.75, 3.05) is 6.54 Å². The van der Waals surface area contributed by atoms with Crippen molar-refractivity contribution in [3.8, 4) is 17.3 Å². The molecule has 2 N–H and O–H groups in total. The first-order valence-electron chi connectivity index (χ1n) is 7.96. The highest BCUT2D eigenvalue weighted by Crippen LogP contribution is 2.34. The van der Waals surface area contributed by atoms with E-state index in [1.807, 2.05) is 0 Å². The number of aromatic amines is 1. The van der Waals surface area contributed by atoms with Crippen LogP contribution in [0.25, 0.3) is 22.3 Å². The first-order chi connectivity index (χ1) is 13.7. The summed E-state index contributed by atoms with van der Waals surface area (Å²) in [5.74, 6) is -4.33. The lowest BCUT2D eigenvalue weighted by Gasteiger charge is -2.13. The van der Waals surface area contributed by atoms with Gasteiger partial charge in [0.05, 0.1) is 17.6 Å². The van der Waals surface area contributed by atoms with Gasteiger partial charge in [0.1, 0.15) is 34.3 Å². The zero-order valence-electron chi connectivity index (χ0n) is 14.3. The van der Waals surface area contributed by atoms with Gasteiger partial charge in [0, 0.05) is 13.1 Å². The Balaban J connectivity index is 2.21. The van der Waals surface area contributed by atoms with E-state index in [2.05, 4.69) is 9.97 Å². The van der Waals surface area contributed by atoms with Crippen LogP contribution >= 0.6 is 0 Å². The zero-order valence-corrected chi connectivity index (χ0v) is 14.3. The summed E-state index contributed by atoms with van der Waals surface area (Å²) in [6.07, 6.45) is -4.15. The number of hydrogen-bond acceptors (Lipinski definition) is 4. The number of nitrogens with zero attached hydrogens (tertiary/aromatic N) is 3. The van der Waals surface area contributed by atoms with Crippen LogP contribution in [0.15, 0.2) is 29.3 Å². The lowest BCUT2D eigenvalue weighted by Crippen LogP contribution is -2.38. The number of hydrogen-bond donors (Lipinski definition) is 2. The van der Waals surface area contributed by atoms with Gasteiger partial charge in [0.25, 0.3) is 5.56 Å². The Morgan fingerprint density at radius 3 is 2.52 bits per heavy atom. The highest BCUT2D eigenvalue weighted by atomic mass is 19.4. The molecule has 1 aromatic carbocycles. The molecule has 29 heavy (non-hydrogen) atoms. The number of rotatable bonds is 4. The molecule has 2 heterocycles. The molecule has 0 fully saturated rings. The van der Waals surface area contributed by atoms with Crippen LogP contribution in [0.5, 0.6) is 0 Å². The monoisotopic (exact) mass is 411 g/mol. The van der Waals surface area contributed by atoms with Gasteiger partial charge in [-0.1, -0.05) is 6.07 Å². The van der Waals surface area contributed by atoms with Crippen molar-refractivity contribution in [3.05, 3.63) is 52.1 Å². The number of halogens is 5. The first kappa shape index (κ1) is 20.0. The van der Waals surface area contributed by atoms with Gasteiger partial charge in [0.2, 0.25) is 0 Å². The van der Waals surface area contributed by atoms with E-state index in [-0.39, 0.29) is 22.3 Å². The Morgan fingerprint density at radius 1 is 1.28 bits per heavy atom. The fraction of sp³-hybridized carbons (Fsp3) is 0.176. The van der Waals surface area contributed by atoms with Gasteiger partial charge in [-0.2, -0.15) is 18.4 Å². The molecule has 3 aromatic rings. The molecule has 0 aliphatic rings. The van der Waals surface area contributed by atoms with Gasteiger partial charge >= 0.3 is 12.1 Å². The van der Waals surface area contributed by atoms with E-state index in [1.54, 1.807) is 11.4 Å². The average Bonchev–Trinajstić information content (AvgIpc) is 2.95. The van der Waals surface area contributed by atoms with Gasteiger partial charge < -0.3 is 14.9 Å². The Kier molecular flexibility index (Phi) is 5.06. The van der Waals surface area contributed by atoms with Gasteiger partial charge in [-0.15, -0.1) is 0 Å². The minimum absolute atomic E-state index is 0.184. The highest BCUT2D eigenvalue weighted by molar-refractivity contribution is 5.91. The fourth-order valence-corrected chi connectivity index (χ4v) is 2.88. The molecule has 0 atom stereocenters. The van der Waals surface area contributed by atoms with E-state index in [9.17, 15) is 36.8 Å². The number of nitriles is 1. The third-order valence-electron chi connectivity index (χ3n) is 4.03. The minimum atomic E-state index is -5.13. The Bertz CT molecular complexity index is 1190. The van der Waals surface area contributed by atoms with E-state index in [0.29, 0.717) is 0 Å². The maximum Gasteiger partial charge on any atom is 0.471 e. The molecule has 150 valence electrons. The molecule has 0 radical (unpaired) electrons. The first-order valence-corrected chi connectivity index (χ1v) is 7.96. The molecule has 0 saturated carbocycles. The summed E-state index contributed by atoms with van der Waals surface area (Å²) in [6.45, 7) is -1.12. The zero-order chi connectivity index (χ0) is 21.3. The molecule has 0 unspecified atom stereocenters. The summed E-state index contributed by atoms with van der Waals surface area (Å²) in [4.78, 5) is 29.4. The number of amides is 1. The summed E-state index contributed by atoms with van der Waals surface area (Å²) >= 11 is 0. The lowest BCUT2D eigenvalue weighted by molar-refractivity contribution is -0.173. The molecule has 7 nitrogen and oxygen atoms in total. The van der Waals surface area contributed by atoms with E-state index in [0.717, 1.165) is 29.1 Å². The third kappa shape index (κ3) is 3.54. The number of alkyl halides is 3. The predicted octanol–water partition coefficient (Wildman–Crippen LogP) is 2.22. The van der Waals surface area contributed by atoms with E-state index < -0.39 is 47.9 Å². The van der Waals surface area contributed by atoms with Crippen LogP contribution in [0.2, 0.25) is 0 Å². The number of H-pyrrole nitrogens is 1. The second-order valence-corrected chi connectivity index (χ2v) is 5.77. The SMILES string of the molecule is N#Cc1c(-c2c(F)cccc2F)n(CCNC(=O)C(F)(F)F)c2c(=O)[nH]cnc12. The maximum absolute atomic E-state index is 14.4. The number of benzene rings is 1. The summed E-state index contributed by atoms with van der Waals surface area (Å²) < 4.78 is 66.8. The predicted molar refractivity (Wildman–Crippen MR) is 89.5 cm³/mol. The fourth-order valence-electron chi connectivity index (χ4n) is 2.88. The van der Waals surface area contributed by atoms with Crippen molar-refractivity contribution in [2.45, 2.75) is 12.7 Å². The molecular formula is C17H10F5N5O2. The number of aromatic nitrogens is 3. The number of carbonyl (C=O) groups excluding carboxylic acids is 1. The topological polar surface area (TPSA) is 104 Å². The molecule has 2 aromatic heterocycles. The largest absolute Gasteiger partial charge is 0.471 e. The molecule has 0 aliphatic carbocycles. The van der Waals surface area contributed by atoms with E-state index >= 15 is 0 Å². The van der Waals surface area contributed by atoms with Crippen molar-refractivity contribution in [2.24, 2.45) is 0 Å². The normalized spacial score (nSPS) is 11.4. The van der Waals surface area contributed by atoms with Crippen LogP contribution in [0.3, 0.4) is 0 Å². The van der Waals surface area contributed by atoms with Crippen LogP contribution in [0.4, 0.5) is 22.0 Å². The standard InChI is InChI=1S/C17H10F5N5O2/c18-9-2-1-3-10(19)11(9)13-8(6-23)12-14(15(28)26-7-25-12)27(13)5-4-24-16(29)17(20,21)22/h1-3,7H,4-5H2,(H,24,29)(H,25,26,28). The van der Waals surface area contributed by atoms with Crippen molar-refractivity contribution in [1.82, 2.24) is 19.9 Å². The second kappa shape index (κ2) is 7.34. The average molecular weight is 411 g/mol. The van der Waals surface area contributed by atoms with Crippen LogP contribution < -0.4 is 10.9 Å².